The van der Waals surface area contributed by atoms with Crippen LogP contribution in [0.5, 0.6) is 0 Å². The van der Waals surface area contributed by atoms with Gasteiger partial charge in [0.25, 0.3) is 0 Å². The molecule has 5 nitrogen and oxygen atoms in total. The molecule has 2 aromatic carbocycles. The van der Waals surface area contributed by atoms with Gasteiger partial charge in [-0.3, -0.25) is 4.79 Å². The number of hydrogen-bond donors (Lipinski definition) is 1. The van der Waals surface area contributed by atoms with Gasteiger partial charge in [0.05, 0.1) is 12.3 Å². The minimum absolute atomic E-state index is 0.0340. The number of carbonyl (C=O) groups excluding carboxylic acids is 1. The number of ketones is 1. The van der Waals surface area contributed by atoms with Crippen LogP contribution in [-0.2, 0) is 29.1 Å². The smallest absolute Gasteiger partial charge is 0.332 e. The second-order valence-electron chi connectivity index (χ2n) is 7.50. The van der Waals surface area contributed by atoms with Crippen molar-refractivity contribution in [2.45, 2.75) is 45.9 Å². The van der Waals surface area contributed by atoms with Crippen LogP contribution in [0.1, 0.15) is 46.1 Å². The summed E-state index contributed by atoms with van der Waals surface area (Å²) < 4.78 is 7.36. The summed E-state index contributed by atoms with van der Waals surface area (Å²) in [4.78, 5) is 23.7. The number of hydrogen-bond acceptors (Lipinski definition) is 3. The average molecular weight is 405 g/mol. The van der Waals surface area contributed by atoms with Crippen LogP contribution in [0, 0.1) is 6.92 Å². The van der Waals surface area contributed by atoms with Gasteiger partial charge in [-0.25, -0.2) is 4.79 Å². The monoisotopic (exact) mass is 405 g/mol. The minimum atomic E-state index is -0.964. The van der Waals surface area contributed by atoms with Crippen molar-refractivity contribution in [1.29, 1.82) is 0 Å². The van der Waals surface area contributed by atoms with Crippen molar-refractivity contribution >= 4 is 11.8 Å². The van der Waals surface area contributed by atoms with E-state index in [-0.39, 0.29) is 12.4 Å². The van der Waals surface area contributed by atoms with Crippen LogP contribution in [0.25, 0.3) is 0 Å². The highest BCUT2D eigenvalue weighted by Gasteiger charge is 2.13. The van der Waals surface area contributed by atoms with E-state index in [2.05, 4.69) is 6.07 Å². The van der Waals surface area contributed by atoms with E-state index < -0.39 is 12.1 Å². The molecule has 0 bridgehead atoms. The molecule has 0 aliphatic heterocycles. The van der Waals surface area contributed by atoms with Crippen molar-refractivity contribution in [3.8, 4) is 0 Å². The third-order valence-electron chi connectivity index (χ3n) is 5.08. The lowest BCUT2D eigenvalue weighted by molar-refractivity contribution is -0.149. The highest BCUT2D eigenvalue weighted by molar-refractivity contribution is 6.08. The van der Waals surface area contributed by atoms with Gasteiger partial charge in [0.2, 0.25) is 5.78 Å². The number of aromatic nitrogens is 1. The summed E-state index contributed by atoms with van der Waals surface area (Å²) in [6.07, 6.45) is 2.86. The highest BCUT2D eigenvalue weighted by atomic mass is 16.5. The summed E-state index contributed by atoms with van der Waals surface area (Å²) in [5, 5.41) is 8.92. The summed E-state index contributed by atoms with van der Waals surface area (Å²) in [7, 11) is 0. The van der Waals surface area contributed by atoms with Gasteiger partial charge >= 0.3 is 5.97 Å². The lowest BCUT2D eigenvalue weighted by Crippen LogP contribution is -2.19. The van der Waals surface area contributed by atoms with E-state index in [1.54, 1.807) is 0 Å². The molecule has 0 spiro atoms. The molecular formula is C25H27NO4. The zero-order valence-electron chi connectivity index (χ0n) is 17.4. The van der Waals surface area contributed by atoms with E-state index in [0.717, 1.165) is 36.1 Å². The zero-order chi connectivity index (χ0) is 21.5. The van der Waals surface area contributed by atoms with Crippen molar-refractivity contribution in [3.05, 3.63) is 94.8 Å². The molecule has 0 aliphatic carbocycles. The van der Waals surface area contributed by atoms with Gasteiger partial charge in [0.1, 0.15) is 0 Å². The predicted octanol–water partition coefficient (Wildman–Crippen LogP) is 4.65. The fourth-order valence-corrected chi connectivity index (χ4v) is 3.29. The lowest BCUT2D eigenvalue weighted by atomic mass is 10.1. The summed E-state index contributed by atoms with van der Waals surface area (Å²) in [6.45, 7) is 4.55. The maximum atomic E-state index is 12.8. The summed E-state index contributed by atoms with van der Waals surface area (Å²) in [6, 6.07) is 19.4. The topological polar surface area (TPSA) is 68.5 Å². The summed E-state index contributed by atoms with van der Waals surface area (Å²) >= 11 is 0. The number of carbonyl (C=O) groups is 2. The number of aryl methyl sites for hydroxylation is 3. The molecule has 0 amide bonds. The normalized spacial score (nSPS) is 11.9. The van der Waals surface area contributed by atoms with Crippen LogP contribution < -0.4 is 0 Å². The molecule has 0 fully saturated rings. The van der Waals surface area contributed by atoms with Crippen LogP contribution >= 0.6 is 0 Å². The van der Waals surface area contributed by atoms with Crippen LogP contribution in [0.15, 0.2) is 66.9 Å². The number of benzene rings is 2. The Morgan fingerprint density at radius 2 is 1.77 bits per heavy atom. The van der Waals surface area contributed by atoms with Gasteiger partial charge < -0.3 is 14.4 Å². The van der Waals surface area contributed by atoms with E-state index in [1.807, 2.05) is 72.3 Å². The van der Waals surface area contributed by atoms with E-state index in [0.29, 0.717) is 11.3 Å². The zero-order valence-corrected chi connectivity index (χ0v) is 17.4. The van der Waals surface area contributed by atoms with Gasteiger partial charge in [-0.15, -0.1) is 0 Å². The molecule has 5 heteroatoms. The standard InChI is InChI=1S/C25H27NO4/c1-18-10-12-22(13-11-18)24(27)23-9-5-15-26(23)14-4-8-20-6-3-7-21(16-20)17-30-19(2)25(28)29/h3,5-7,9-13,15-16,19H,4,8,14,17H2,1-2H3,(H,28,29)/t19-/m1/s1. The minimum Gasteiger partial charge on any atom is -0.479 e. The van der Waals surface area contributed by atoms with Gasteiger partial charge in [0.15, 0.2) is 6.10 Å². The van der Waals surface area contributed by atoms with Gasteiger partial charge in [0, 0.05) is 18.3 Å². The Morgan fingerprint density at radius 1 is 1.03 bits per heavy atom. The number of aliphatic carboxylic acids is 1. The van der Waals surface area contributed by atoms with Crippen molar-refractivity contribution in [1.82, 2.24) is 4.57 Å². The van der Waals surface area contributed by atoms with Crippen LogP contribution in [0.3, 0.4) is 0 Å². The number of nitrogens with zero attached hydrogens (tertiary/aromatic N) is 1. The molecule has 1 heterocycles. The van der Waals surface area contributed by atoms with E-state index in [4.69, 9.17) is 9.84 Å². The second-order valence-corrected chi connectivity index (χ2v) is 7.50. The van der Waals surface area contributed by atoms with Gasteiger partial charge in [-0.1, -0.05) is 54.1 Å². The number of carboxylic acids is 1. The van der Waals surface area contributed by atoms with Crippen molar-refractivity contribution in [2.75, 3.05) is 0 Å². The second kappa shape index (κ2) is 10.0. The summed E-state index contributed by atoms with van der Waals surface area (Å²) in [5.41, 5.74) is 4.65. The third kappa shape index (κ3) is 5.67. The number of carboxylic acid groups (broad SMARTS) is 1. The Balaban J connectivity index is 1.57. The molecule has 0 radical (unpaired) electrons. The Bertz CT molecular complexity index is 1000. The quantitative estimate of drug-likeness (QED) is 0.499. The molecule has 1 N–H and O–H groups in total. The number of ether oxygens (including phenoxy) is 1. The van der Waals surface area contributed by atoms with Gasteiger partial charge in [-0.2, -0.15) is 0 Å². The van der Waals surface area contributed by atoms with E-state index in [9.17, 15) is 9.59 Å². The van der Waals surface area contributed by atoms with E-state index >= 15 is 0 Å². The molecule has 0 saturated carbocycles. The first kappa shape index (κ1) is 21.5. The van der Waals surface area contributed by atoms with Crippen molar-refractivity contribution in [2.24, 2.45) is 0 Å². The van der Waals surface area contributed by atoms with Crippen molar-refractivity contribution < 1.29 is 19.4 Å². The Labute approximate surface area is 176 Å². The molecule has 0 aliphatic rings. The molecule has 3 aromatic rings. The molecule has 3 rings (SSSR count). The largest absolute Gasteiger partial charge is 0.479 e. The molecule has 1 atom stereocenters. The number of rotatable bonds is 10. The molecule has 1 aromatic heterocycles. The molecule has 30 heavy (non-hydrogen) atoms. The SMILES string of the molecule is Cc1ccc(C(=O)c2cccn2CCCc2cccc(CO[C@H](C)C(=O)O)c2)cc1. The first-order chi connectivity index (χ1) is 14.4. The predicted molar refractivity (Wildman–Crippen MR) is 116 cm³/mol. The molecule has 156 valence electrons. The fourth-order valence-electron chi connectivity index (χ4n) is 3.29. The third-order valence-corrected chi connectivity index (χ3v) is 5.08. The maximum Gasteiger partial charge on any atom is 0.332 e. The molecule has 0 saturated heterocycles. The Morgan fingerprint density at radius 3 is 2.50 bits per heavy atom. The molecular weight excluding hydrogens is 378 g/mol. The Hall–Kier alpha value is -3.18. The van der Waals surface area contributed by atoms with Crippen molar-refractivity contribution in [3.63, 3.8) is 0 Å². The van der Waals surface area contributed by atoms with Gasteiger partial charge in [-0.05, 0) is 49.9 Å². The summed E-state index contributed by atoms with van der Waals surface area (Å²) in [5.74, 6) is -0.930. The van der Waals surface area contributed by atoms with Crippen LogP contribution in [0.2, 0.25) is 0 Å². The highest BCUT2D eigenvalue weighted by Crippen LogP contribution is 2.15. The Kier molecular flexibility index (Phi) is 7.20. The van der Waals surface area contributed by atoms with Crippen LogP contribution in [0.4, 0.5) is 0 Å². The maximum absolute atomic E-state index is 12.8. The first-order valence-electron chi connectivity index (χ1n) is 10.1. The fraction of sp³-hybridized carbons (Fsp3) is 0.280. The molecule has 0 unspecified atom stereocenters. The average Bonchev–Trinajstić information content (AvgIpc) is 3.21. The lowest BCUT2D eigenvalue weighted by Gasteiger charge is -2.11. The first-order valence-corrected chi connectivity index (χ1v) is 10.1. The van der Waals surface area contributed by atoms with Crippen LogP contribution in [-0.4, -0.2) is 27.5 Å². The van der Waals surface area contributed by atoms with E-state index in [1.165, 1.54) is 6.92 Å².